The van der Waals surface area contributed by atoms with E-state index in [0.717, 1.165) is 42.4 Å². The van der Waals surface area contributed by atoms with E-state index in [1.165, 1.54) is 19.3 Å². The van der Waals surface area contributed by atoms with Gasteiger partial charge in [-0.2, -0.15) is 0 Å². The molecule has 1 atom stereocenters. The maximum atomic E-state index is 14.2. The van der Waals surface area contributed by atoms with E-state index in [4.69, 9.17) is 4.74 Å². The number of nitrogens with zero attached hydrogens (tertiary/aromatic N) is 1. The molecule has 186 valence electrons. The fourth-order valence-electron chi connectivity index (χ4n) is 7.71. The lowest BCUT2D eigenvalue weighted by atomic mass is 9.52. The van der Waals surface area contributed by atoms with Crippen molar-refractivity contribution in [2.24, 2.45) is 17.8 Å². The summed E-state index contributed by atoms with van der Waals surface area (Å²) in [6, 6.07) is 13.5. The van der Waals surface area contributed by atoms with Gasteiger partial charge in [0.2, 0.25) is 0 Å². The van der Waals surface area contributed by atoms with Gasteiger partial charge in [0.15, 0.2) is 0 Å². The molecule has 6 rings (SSSR count). The quantitative estimate of drug-likeness (QED) is 0.504. The Kier molecular flexibility index (Phi) is 6.37. The molecule has 5 heteroatoms. The van der Waals surface area contributed by atoms with Crippen molar-refractivity contribution in [2.75, 3.05) is 7.11 Å². The van der Waals surface area contributed by atoms with Crippen molar-refractivity contribution in [2.45, 2.75) is 76.8 Å². The number of benzene rings is 2. The van der Waals surface area contributed by atoms with Gasteiger partial charge in [0.1, 0.15) is 5.75 Å². The first-order chi connectivity index (χ1) is 16.8. The number of hydrogen-bond acceptors (Lipinski definition) is 3. The van der Waals surface area contributed by atoms with Crippen molar-refractivity contribution in [1.82, 2.24) is 4.90 Å². The first kappa shape index (κ1) is 23.9. The molecule has 0 aliphatic heterocycles. The predicted octanol–water partition coefficient (Wildman–Crippen LogP) is 6.06. The number of amides is 1. The lowest BCUT2D eigenvalue weighted by molar-refractivity contribution is -0.138. The maximum Gasteiger partial charge on any atom is 0.310 e. The van der Waals surface area contributed by atoms with Crippen molar-refractivity contribution in [3.63, 3.8) is 0 Å². The highest BCUT2D eigenvalue weighted by Crippen LogP contribution is 2.58. The Labute approximate surface area is 208 Å². The second-order valence-corrected chi connectivity index (χ2v) is 11.2. The number of rotatable bonds is 8. The molecule has 0 heterocycles. The first-order valence-electron chi connectivity index (χ1n) is 13.1. The molecular weight excluding hydrogens is 438 g/mol. The van der Waals surface area contributed by atoms with Gasteiger partial charge in [-0.15, -0.1) is 0 Å². The van der Waals surface area contributed by atoms with E-state index in [2.05, 4.69) is 17.9 Å². The van der Waals surface area contributed by atoms with Gasteiger partial charge in [-0.05, 0) is 105 Å². The number of hydrogen-bond donors (Lipinski definition) is 1. The molecule has 2 aromatic carbocycles. The summed E-state index contributed by atoms with van der Waals surface area (Å²) in [5, 5.41) is 9.69. The average Bonchev–Trinajstić information content (AvgIpc) is 2.85. The van der Waals surface area contributed by atoms with E-state index in [1.807, 2.05) is 36.4 Å². The van der Waals surface area contributed by atoms with Gasteiger partial charge in [0, 0.05) is 17.6 Å². The molecule has 4 bridgehead atoms. The van der Waals surface area contributed by atoms with Crippen LogP contribution >= 0.6 is 0 Å². The molecule has 0 aromatic heterocycles. The molecule has 4 saturated carbocycles. The van der Waals surface area contributed by atoms with Gasteiger partial charge >= 0.3 is 5.97 Å². The molecule has 4 fully saturated rings. The summed E-state index contributed by atoms with van der Waals surface area (Å²) in [6.45, 7) is 4.35. The van der Waals surface area contributed by atoms with Crippen LogP contribution in [0.4, 0.5) is 0 Å². The summed E-state index contributed by atoms with van der Waals surface area (Å²) in [5.41, 5.74) is 3.54. The first-order valence-corrected chi connectivity index (χ1v) is 13.1. The summed E-state index contributed by atoms with van der Waals surface area (Å²) in [5.74, 6) is 1.49. The fraction of sp³-hybridized carbons (Fsp3) is 0.533. The van der Waals surface area contributed by atoms with Crippen LogP contribution in [0, 0.1) is 17.8 Å². The Morgan fingerprint density at radius 1 is 1.06 bits per heavy atom. The molecule has 0 saturated heterocycles. The van der Waals surface area contributed by atoms with Crippen LogP contribution in [0.1, 0.15) is 85.3 Å². The third-order valence-corrected chi connectivity index (χ3v) is 8.97. The Hall–Kier alpha value is -2.82. The van der Waals surface area contributed by atoms with Crippen molar-refractivity contribution in [1.29, 1.82) is 0 Å². The minimum Gasteiger partial charge on any atom is -0.497 e. The summed E-state index contributed by atoms with van der Waals surface area (Å²) in [6.07, 6.45) is 7.93. The number of carbonyl (C=O) groups is 2. The second-order valence-electron chi connectivity index (χ2n) is 11.2. The Morgan fingerprint density at radius 3 is 2.26 bits per heavy atom. The summed E-state index contributed by atoms with van der Waals surface area (Å²) < 4.78 is 5.43. The smallest absolute Gasteiger partial charge is 0.310 e. The topological polar surface area (TPSA) is 66.8 Å². The molecule has 35 heavy (non-hydrogen) atoms. The summed E-state index contributed by atoms with van der Waals surface area (Å²) in [4.78, 5) is 28.2. The molecular formula is C30H37NO4. The SMILES string of the molecule is CCc1c(CN(C(=O)c2cccc(OC)c2)C23CC4CC(CC(C4)C2)C3)cccc1C(C)C(=O)O. The Morgan fingerprint density at radius 2 is 1.69 bits per heavy atom. The lowest BCUT2D eigenvalue weighted by Gasteiger charge is -2.60. The van der Waals surface area contributed by atoms with Crippen molar-refractivity contribution in [3.8, 4) is 5.75 Å². The number of carboxylic acid groups (broad SMARTS) is 1. The summed E-state index contributed by atoms with van der Waals surface area (Å²) in [7, 11) is 1.63. The van der Waals surface area contributed by atoms with Crippen molar-refractivity contribution < 1.29 is 19.4 Å². The highest BCUT2D eigenvalue weighted by molar-refractivity contribution is 5.95. The van der Waals surface area contributed by atoms with Crippen LogP contribution in [0.3, 0.4) is 0 Å². The van der Waals surface area contributed by atoms with Crippen molar-refractivity contribution in [3.05, 3.63) is 64.7 Å². The average molecular weight is 476 g/mol. The molecule has 4 aliphatic rings. The van der Waals surface area contributed by atoms with E-state index in [1.54, 1.807) is 14.0 Å². The number of methoxy groups -OCH3 is 1. The van der Waals surface area contributed by atoms with Gasteiger partial charge < -0.3 is 14.7 Å². The number of carboxylic acids is 1. The van der Waals surface area contributed by atoms with Gasteiger partial charge in [0.05, 0.1) is 13.0 Å². The molecule has 5 nitrogen and oxygen atoms in total. The molecule has 2 aromatic rings. The van der Waals surface area contributed by atoms with Gasteiger partial charge in [-0.1, -0.05) is 31.2 Å². The van der Waals surface area contributed by atoms with Crippen LogP contribution in [-0.2, 0) is 17.8 Å². The highest BCUT2D eigenvalue weighted by atomic mass is 16.5. The van der Waals surface area contributed by atoms with E-state index in [9.17, 15) is 14.7 Å². The molecule has 1 unspecified atom stereocenters. The highest BCUT2D eigenvalue weighted by Gasteiger charge is 2.54. The zero-order chi connectivity index (χ0) is 24.7. The molecule has 4 aliphatic carbocycles. The van der Waals surface area contributed by atoms with Crippen LogP contribution < -0.4 is 4.74 Å². The number of carbonyl (C=O) groups excluding carboxylic acids is 1. The van der Waals surface area contributed by atoms with Crippen LogP contribution in [-0.4, -0.2) is 34.5 Å². The molecule has 1 amide bonds. The lowest BCUT2D eigenvalue weighted by Crippen LogP contribution is -2.61. The number of ether oxygens (including phenoxy) is 1. The normalized spacial score (nSPS) is 27.5. The van der Waals surface area contributed by atoms with E-state index in [0.29, 0.717) is 35.6 Å². The van der Waals surface area contributed by atoms with Crippen LogP contribution in [0.5, 0.6) is 5.75 Å². The van der Waals surface area contributed by atoms with Gasteiger partial charge in [-0.25, -0.2) is 0 Å². The van der Waals surface area contributed by atoms with E-state index < -0.39 is 11.9 Å². The number of aliphatic carboxylic acids is 1. The van der Waals surface area contributed by atoms with Crippen LogP contribution in [0.2, 0.25) is 0 Å². The van der Waals surface area contributed by atoms with Crippen LogP contribution in [0.25, 0.3) is 0 Å². The zero-order valence-electron chi connectivity index (χ0n) is 21.1. The summed E-state index contributed by atoms with van der Waals surface area (Å²) >= 11 is 0. The monoisotopic (exact) mass is 475 g/mol. The van der Waals surface area contributed by atoms with Gasteiger partial charge in [-0.3, -0.25) is 9.59 Å². The van der Waals surface area contributed by atoms with Crippen LogP contribution in [0.15, 0.2) is 42.5 Å². The Bertz CT molecular complexity index is 1090. The molecule has 0 radical (unpaired) electrons. The Balaban J connectivity index is 1.57. The molecule has 0 spiro atoms. The minimum absolute atomic E-state index is 0.0598. The fourth-order valence-corrected chi connectivity index (χ4v) is 7.71. The zero-order valence-corrected chi connectivity index (χ0v) is 21.1. The maximum absolute atomic E-state index is 14.2. The van der Waals surface area contributed by atoms with E-state index in [-0.39, 0.29) is 11.4 Å². The van der Waals surface area contributed by atoms with E-state index >= 15 is 0 Å². The van der Waals surface area contributed by atoms with Gasteiger partial charge in [0.25, 0.3) is 5.91 Å². The molecule has 1 N–H and O–H groups in total. The minimum atomic E-state index is -0.817. The third-order valence-electron chi connectivity index (χ3n) is 8.97. The van der Waals surface area contributed by atoms with Crippen molar-refractivity contribution >= 4 is 11.9 Å². The predicted molar refractivity (Wildman–Crippen MR) is 136 cm³/mol. The second kappa shape index (κ2) is 9.33. The largest absolute Gasteiger partial charge is 0.497 e. The standard InChI is InChI=1S/C30H37NO4/c1-4-26-24(8-6-10-27(26)19(2)29(33)34)18-31(28(32)23-7-5-9-25(14-23)35-3)30-15-20-11-21(16-30)13-22(12-20)17-30/h5-10,14,19-22H,4,11-13,15-18H2,1-3H3,(H,33,34). The third kappa shape index (κ3) is 4.34.